The zero-order valence-corrected chi connectivity index (χ0v) is 11.2. The molecule has 0 fully saturated rings. The maximum absolute atomic E-state index is 12.4. The number of amides is 2. The Morgan fingerprint density at radius 1 is 1.40 bits per heavy atom. The number of pyridine rings is 1. The Morgan fingerprint density at radius 2 is 2.25 bits per heavy atom. The zero-order chi connectivity index (χ0) is 14.1. The molecule has 3 heterocycles. The van der Waals surface area contributed by atoms with Gasteiger partial charge in [0.15, 0.2) is 0 Å². The largest absolute Gasteiger partial charge is 0.358 e. The second-order valence-electron chi connectivity index (χ2n) is 4.90. The van der Waals surface area contributed by atoms with E-state index in [1.807, 2.05) is 24.1 Å². The first-order valence-corrected chi connectivity index (χ1v) is 6.45. The zero-order valence-electron chi connectivity index (χ0n) is 11.2. The summed E-state index contributed by atoms with van der Waals surface area (Å²) in [6, 6.07) is 3.82. The van der Waals surface area contributed by atoms with Crippen molar-refractivity contribution in [1.82, 2.24) is 15.3 Å². The normalized spacial score (nSPS) is 18.2. The van der Waals surface area contributed by atoms with Crippen molar-refractivity contribution in [2.75, 3.05) is 25.0 Å². The molecule has 0 aliphatic carbocycles. The van der Waals surface area contributed by atoms with E-state index in [4.69, 9.17) is 0 Å². The van der Waals surface area contributed by atoms with Crippen LogP contribution in [-0.2, 0) is 16.1 Å². The first kappa shape index (κ1) is 12.6. The van der Waals surface area contributed by atoms with Gasteiger partial charge in [-0.2, -0.15) is 5.10 Å². The molecule has 0 saturated carbocycles. The van der Waals surface area contributed by atoms with Crippen LogP contribution in [0.3, 0.4) is 0 Å². The third-order valence-corrected chi connectivity index (χ3v) is 3.47. The monoisotopic (exact) mass is 273 g/mol. The van der Waals surface area contributed by atoms with Gasteiger partial charge in [-0.25, -0.2) is 10.4 Å². The summed E-state index contributed by atoms with van der Waals surface area (Å²) in [6.07, 6.45) is 1.81. The Morgan fingerprint density at radius 3 is 3.00 bits per heavy atom. The fourth-order valence-electron chi connectivity index (χ4n) is 2.40. The van der Waals surface area contributed by atoms with Crippen LogP contribution in [-0.4, -0.2) is 47.5 Å². The van der Waals surface area contributed by atoms with Crippen molar-refractivity contribution in [2.45, 2.75) is 13.0 Å². The molecule has 1 aromatic heterocycles. The summed E-state index contributed by atoms with van der Waals surface area (Å²) in [6.45, 7) is 1.77. The topological polar surface area (TPSA) is 77.9 Å². The molecule has 0 aromatic carbocycles. The molecule has 104 valence electrons. The van der Waals surface area contributed by atoms with Gasteiger partial charge in [0.2, 0.25) is 5.91 Å². The van der Waals surface area contributed by atoms with Gasteiger partial charge in [-0.1, -0.05) is 6.07 Å². The molecule has 2 aliphatic rings. The molecule has 20 heavy (non-hydrogen) atoms. The van der Waals surface area contributed by atoms with Crippen molar-refractivity contribution in [3.05, 3.63) is 23.9 Å². The molecule has 0 spiro atoms. The molecule has 1 N–H and O–H groups in total. The molecule has 7 heteroatoms. The van der Waals surface area contributed by atoms with Gasteiger partial charge >= 0.3 is 0 Å². The minimum Gasteiger partial charge on any atom is -0.358 e. The SMILES string of the molecule is CN1CCN(C(=O)C2=NNC(=O)C2)Cc2cccnc21. The summed E-state index contributed by atoms with van der Waals surface area (Å²) in [5, 5.41) is 3.79. The maximum atomic E-state index is 12.4. The second kappa shape index (κ2) is 4.92. The average Bonchev–Trinajstić information content (AvgIpc) is 2.81. The standard InChI is InChI=1S/C13H15N5O2/c1-17-5-6-18(8-9-3-2-4-14-12(9)17)13(20)10-7-11(19)16-15-10/h2-4H,5-8H2,1H3,(H,16,19). The summed E-state index contributed by atoms with van der Waals surface area (Å²) >= 11 is 0. The van der Waals surface area contributed by atoms with Crippen LogP contribution in [0.15, 0.2) is 23.4 Å². The van der Waals surface area contributed by atoms with Crippen molar-refractivity contribution >= 4 is 23.3 Å². The minimum atomic E-state index is -0.234. The Hall–Kier alpha value is -2.44. The molecular formula is C13H15N5O2. The van der Waals surface area contributed by atoms with E-state index in [9.17, 15) is 9.59 Å². The van der Waals surface area contributed by atoms with E-state index < -0.39 is 0 Å². The number of carbonyl (C=O) groups excluding carboxylic acids is 2. The molecule has 0 saturated heterocycles. The second-order valence-corrected chi connectivity index (χ2v) is 4.90. The van der Waals surface area contributed by atoms with Crippen LogP contribution in [0.5, 0.6) is 0 Å². The lowest BCUT2D eigenvalue weighted by atomic mass is 10.2. The fraction of sp³-hybridized carbons (Fsp3) is 0.385. The van der Waals surface area contributed by atoms with Crippen LogP contribution in [0.2, 0.25) is 0 Å². The van der Waals surface area contributed by atoms with Crippen molar-refractivity contribution in [3.63, 3.8) is 0 Å². The number of anilines is 1. The Bertz CT molecular complexity index is 598. The number of aromatic nitrogens is 1. The van der Waals surface area contributed by atoms with Gasteiger partial charge in [-0.15, -0.1) is 0 Å². The van der Waals surface area contributed by atoms with E-state index in [1.54, 1.807) is 11.1 Å². The van der Waals surface area contributed by atoms with Crippen molar-refractivity contribution in [2.24, 2.45) is 5.10 Å². The van der Waals surface area contributed by atoms with Crippen LogP contribution in [0.25, 0.3) is 0 Å². The molecule has 1 aromatic rings. The van der Waals surface area contributed by atoms with Gasteiger partial charge in [-0.3, -0.25) is 9.59 Å². The fourth-order valence-corrected chi connectivity index (χ4v) is 2.40. The van der Waals surface area contributed by atoms with Crippen LogP contribution >= 0.6 is 0 Å². The lowest BCUT2D eigenvalue weighted by molar-refractivity contribution is -0.125. The summed E-state index contributed by atoms with van der Waals surface area (Å²) < 4.78 is 0. The highest BCUT2D eigenvalue weighted by molar-refractivity contribution is 6.43. The van der Waals surface area contributed by atoms with Gasteiger partial charge in [0, 0.05) is 38.4 Å². The van der Waals surface area contributed by atoms with E-state index in [2.05, 4.69) is 15.5 Å². The molecule has 0 radical (unpaired) electrons. The molecule has 2 amide bonds. The predicted octanol–water partition coefficient (Wildman–Crippen LogP) is -0.264. The number of hydrazone groups is 1. The van der Waals surface area contributed by atoms with E-state index in [0.29, 0.717) is 19.6 Å². The van der Waals surface area contributed by atoms with E-state index in [-0.39, 0.29) is 23.9 Å². The summed E-state index contributed by atoms with van der Waals surface area (Å²) in [4.78, 5) is 31.6. The number of carbonyl (C=O) groups is 2. The smallest absolute Gasteiger partial charge is 0.270 e. The summed E-state index contributed by atoms with van der Waals surface area (Å²) in [7, 11) is 1.96. The lowest BCUT2D eigenvalue weighted by Gasteiger charge is -2.20. The van der Waals surface area contributed by atoms with Crippen molar-refractivity contribution in [3.8, 4) is 0 Å². The Labute approximate surface area is 116 Å². The molecule has 0 atom stereocenters. The van der Waals surface area contributed by atoms with E-state index in [1.165, 1.54) is 0 Å². The number of likely N-dealkylation sites (N-methyl/N-ethyl adjacent to an activating group) is 1. The predicted molar refractivity (Wildman–Crippen MR) is 73.1 cm³/mol. The first-order chi connectivity index (χ1) is 9.65. The number of nitrogens with zero attached hydrogens (tertiary/aromatic N) is 4. The van der Waals surface area contributed by atoms with Crippen LogP contribution in [0.1, 0.15) is 12.0 Å². The quantitative estimate of drug-likeness (QED) is 0.764. The molecule has 2 aliphatic heterocycles. The number of hydrogen-bond acceptors (Lipinski definition) is 5. The third-order valence-electron chi connectivity index (χ3n) is 3.47. The van der Waals surface area contributed by atoms with Crippen LogP contribution in [0, 0.1) is 0 Å². The molecular weight excluding hydrogens is 258 g/mol. The average molecular weight is 273 g/mol. The maximum Gasteiger partial charge on any atom is 0.270 e. The van der Waals surface area contributed by atoms with Crippen molar-refractivity contribution < 1.29 is 9.59 Å². The van der Waals surface area contributed by atoms with Crippen LogP contribution < -0.4 is 10.3 Å². The Kier molecular flexibility index (Phi) is 3.09. The molecule has 0 bridgehead atoms. The third kappa shape index (κ3) is 2.22. The lowest BCUT2D eigenvalue weighted by Crippen LogP contribution is -2.38. The molecule has 3 rings (SSSR count). The van der Waals surface area contributed by atoms with Crippen molar-refractivity contribution in [1.29, 1.82) is 0 Å². The van der Waals surface area contributed by atoms with Gasteiger partial charge < -0.3 is 9.80 Å². The molecule has 0 unspecified atom stereocenters. The van der Waals surface area contributed by atoms with E-state index in [0.717, 1.165) is 11.4 Å². The summed E-state index contributed by atoms with van der Waals surface area (Å²) in [5.74, 6) is 0.473. The number of rotatable bonds is 1. The Balaban J connectivity index is 1.83. The summed E-state index contributed by atoms with van der Waals surface area (Å²) in [5.41, 5.74) is 3.59. The number of fused-ring (bicyclic) bond motifs is 1. The highest BCUT2D eigenvalue weighted by Crippen LogP contribution is 2.21. The first-order valence-electron chi connectivity index (χ1n) is 6.45. The highest BCUT2D eigenvalue weighted by Gasteiger charge is 2.28. The van der Waals surface area contributed by atoms with Gasteiger partial charge in [0.05, 0.1) is 6.42 Å². The van der Waals surface area contributed by atoms with Gasteiger partial charge in [0.1, 0.15) is 11.5 Å². The van der Waals surface area contributed by atoms with Gasteiger partial charge in [-0.05, 0) is 6.07 Å². The van der Waals surface area contributed by atoms with Gasteiger partial charge in [0.25, 0.3) is 5.91 Å². The number of nitrogens with one attached hydrogen (secondary N) is 1. The van der Waals surface area contributed by atoms with E-state index >= 15 is 0 Å². The molecule has 7 nitrogen and oxygen atoms in total. The highest BCUT2D eigenvalue weighted by atomic mass is 16.2. The minimum absolute atomic E-state index is 0.0606. The number of hydrogen-bond donors (Lipinski definition) is 1. The van der Waals surface area contributed by atoms with Crippen LogP contribution in [0.4, 0.5) is 5.82 Å².